The van der Waals surface area contributed by atoms with Crippen LogP contribution in [0.25, 0.3) is 17.0 Å². The van der Waals surface area contributed by atoms with E-state index in [1.165, 1.54) is 0 Å². The Bertz CT molecular complexity index is 685. The number of aryl methyl sites for hydroxylation is 1. The van der Waals surface area contributed by atoms with E-state index < -0.39 is 0 Å². The van der Waals surface area contributed by atoms with E-state index in [1.807, 2.05) is 41.8 Å². The molecule has 2 N–H and O–H groups in total. The van der Waals surface area contributed by atoms with Crippen LogP contribution in [0.3, 0.4) is 0 Å². The summed E-state index contributed by atoms with van der Waals surface area (Å²) in [7, 11) is 0. The largest absolute Gasteiger partial charge is 0.397 e. The lowest BCUT2D eigenvalue weighted by molar-refractivity contribution is 1.15. The number of anilines is 1. The first-order chi connectivity index (χ1) is 8.25. The molecule has 3 heterocycles. The van der Waals surface area contributed by atoms with E-state index >= 15 is 0 Å². The summed E-state index contributed by atoms with van der Waals surface area (Å²) >= 11 is 0. The fourth-order valence-electron chi connectivity index (χ4n) is 1.86. The van der Waals surface area contributed by atoms with Crippen LogP contribution in [0.5, 0.6) is 0 Å². The van der Waals surface area contributed by atoms with Gasteiger partial charge in [-0.05, 0) is 30.7 Å². The van der Waals surface area contributed by atoms with E-state index in [0.29, 0.717) is 5.69 Å². The molecule has 0 saturated carbocycles. The zero-order valence-electron chi connectivity index (χ0n) is 9.46. The van der Waals surface area contributed by atoms with Gasteiger partial charge in [0.05, 0.1) is 23.3 Å². The van der Waals surface area contributed by atoms with Crippen molar-refractivity contribution in [1.82, 2.24) is 14.4 Å². The molecule has 17 heavy (non-hydrogen) atoms. The van der Waals surface area contributed by atoms with Gasteiger partial charge in [-0.25, -0.2) is 4.98 Å². The van der Waals surface area contributed by atoms with Gasteiger partial charge in [-0.3, -0.25) is 9.38 Å². The molecule has 0 aliphatic rings. The molecule has 3 aromatic heterocycles. The molecule has 0 aliphatic carbocycles. The Hall–Kier alpha value is -2.36. The highest BCUT2D eigenvalue weighted by molar-refractivity contribution is 5.63. The number of fused-ring (bicyclic) bond motifs is 1. The second kappa shape index (κ2) is 3.59. The Morgan fingerprint density at radius 1 is 1.24 bits per heavy atom. The van der Waals surface area contributed by atoms with E-state index in [0.717, 1.165) is 22.6 Å². The molecule has 0 saturated heterocycles. The summed E-state index contributed by atoms with van der Waals surface area (Å²) in [5.74, 6) is 0. The SMILES string of the molecule is Cc1cc(-c2cccc3nccn23)ncc1N. The minimum atomic E-state index is 0.714. The van der Waals surface area contributed by atoms with E-state index in [2.05, 4.69) is 9.97 Å². The first kappa shape index (κ1) is 9.84. The van der Waals surface area contributed by atoms with Gasteiger partial charge in [0.2, 0.25) is 0 Å². The summed E-state index contributed by atoms with van der Waals surface area (Å²) in [4.78, 5) is 8.62. The first-order valence-electron chi connectivity index (χ1n) is 5.40. The molecule has 0 unspecified atom stereocenters. The van der Waals surface area contributed by atoms with Gasteiger partial charge in [0.25, 0.3) is 0 Å². The molecular formula is C13H12N4. The molecule has 0 aromatic carbocycles. The third kappa shape index (κ3) is 1.54. The highest BCUT2D eigenvalue weighted by Gasteiger charge is 2.05. The van der Waals surface area contributed by atoms with Gasteiger partial charge in [-0.1, -0.05) is 6.07 Å². The topological polar surface area (TPSA) is 56.2 Å². The number of aromatic nitrogens is 3. The van der Waals surface area contributed by atoms with Crippen LogP contribution in [0, 0.1) is 6.92 Å². The molecule has 0 amide bonds. The van der Waals surface area contributed by atoms with Gasteiger partial charge in [0, 0.05) is 12.4 Å². The van der Waals surface area contributed by atoms with E-state index in [1.54, 1.807) is 12.4 Å². The van der Waals surface area contributed by atoms with Crippen molar-refractivity contribution in [2.45, 2.75) is 6.92 Å². The Kier molecular flexibility index (Phi) is 2.08. The molecule has 84 valence electrons. The quantitative estimate of drug-likeness (QED) is 0.690. The van der Waals surface area contributed by atoms with Crippen molar-refractivity contribution in [2.75, 3.05) is 5.73 Å². The molecule has 0 spiro atoms. The first-order valence-corrected chi connectivity index (χ1v) is 5.40. The highest BCUT2D eigenvalue weighted by atomic mass is 15.0. The Balaban J connectivity index is 2.26. The molecule has 0 aliphatic heterocycles. The summed E-state index contributed by atoms with van der Waals surface area (Å²) in [6.07, 6.45) is 5.40. The normalized spacial score (nSPS) is 10.9. The van der Waals surface area contributed by atoms with E-state index in [4.69, 9.17) is 5.73 Å². The number of nitrogens with two attached hydrogens (primary N) is 1. The molecule has 0 radical (unpaired) electrons. The molecule has 0 atom stereocenters. The van der Waals surface area contributed by atoms with Crippen LogP contribution in [0.4, 0.5) is 5.69 Å². The number of nitrogen functional groups attached to an aromatic ring is 1. The minimum absolute atomic E-state index is 0.714. The third-order valence-corrected chi connectivity index (χ3v) is 2.84. The summed E-state index contributed by atoms with van der Waals surface area (Å²) in [5.41, 5.74) is 10.4. The maximum atomic E-state index is 5.78. The summed E-state index contributed by atoms with van der Waals surface area (Å²) in [6.45, 7) is 1.98. The van der Waals surface area contributed by atoms with Crippen LogP contribution in [0.2, 0.25) is 0 Å². The van der Waals surface area contributed by atoms with Crippen LogP contribution in [-0.4, -0.2) is 14.4 Å². The standard InChI is InChI=1S/C13H12N4/c1-9-7-11(16-8-10(9)14)12-3-2-4-13-15-5-6-17(12)13/h2-8H,14H2,1H3. The van der Waals surface area contributed by atoms with Crippen LogP contribution in [0.1, 0.15) is 5.56 Å². The van der Waals surface area contributed by atoms with E-state index in [-0.39, 0.29) is 0 Å². The summed E-state index contributed by atoms with van der Waals surface area (Å²) in [5, 5.41) is 0. The zero-order chi connectivity index (χ0) is 11.8. The lowest BCUT2D eigenvalue weighted by Crippen LogP contribution is -1.96. The lowest BCUT2D eigenvalue weighted by Gasteiger charge is -2.06. The lowest BCUT2D eigenvalue weighted by atomic mass is 10.1. The predicted molar refractivity (Wildman–Crippen MR) is 67.6 cm³/mol. The molecule has 3 aromatic rings. The monoisotopic (exact) mass is 224 g/mol. The average Bonchev–Trinajstić information content (AvgIpc) is 2.80. The molecule has 4 heteroatoms. The smallest absolute Gasteiger partial charge is 0.137 e. The molecular weight excluding hydrogens is 212 g/mol. The van der Waals surface area contributed by atoms with Crippen molar-refractivity contribution < 1.29 is 0 Å². The second-order valence-electron chi connectivity index (χ2n) is 3.99. The van der Waals surface area contributed by atoms with E-state index in [9.17, 15) is 0 Å². The molecule has 3 rings (SSSR count). The summed E-state index contributed by atoms with van der Waals surface area (Å²) in [6, 6.07) is 7.95. The fraction of sp³-hybridized carbons (Fsp3) is 0.0769. The van der Waals surface area contributed by atoms with Crippen molar-refractivity contribution in [3.63, 3.8) is 0 Å². The summed E-state index contributed by atoms with van der Waals surface area (Å²) < 4.78 is 2.01. The Morgan fingerprint density at radius 3 is 2.94 bits per heavy atom. The minimum Gasteiger partial charge on any atom is -0.397 e. The number of nitrogens with zero attached hydrogens (tertiary/aromatic N) is 3. The molecule has 0 fully saturated rings. The number of hydrogen-bond acceptors (Lipinski definition) is 3. The van der Waals surface area contributed by atoms with Gasteiger partial charge in [0.15, 0.2) is 0 Å². The predicted octanol–water partition coefficient (Wildman–Crippen LogP) is 2.29. The van der Waals surface area contributed by atoms with Gasteiger partial charge in [-0.2, -0.15) is 0 Å². The fourth-order valence-corrected chi connectivity index (χ4v) is 1.86. The Labute approximate surface area is 98.8 Å². The molecule has 0 bridgehead atoms. The van der Waals surface area contributed by atoms with Crippen molar-refractivity contribution in [1.29, 1.82) is 0 Å². The zero-order valence-corrected chi connectivity index (χ0v) is 9.46. The van der Waals surface area contributed by atoms with Gasteiger partial charge in [-0.15, -0.1) is 0 Å². The third-order valence-electron chi connectivity index (χ3n) is 2.84. The van der Waals surface area contributed by atoms with Gasteiger partial charge in [0.1, 0.15) is 5.65 Å². The number of rotatable bonds is 1. The maximum absolute atomic E-state index is 5.78. The Morgan fingerprint density at radius 2 is 2.12 bits per heavy atom. The van der Waals surface area contributed by atoms with Crippen LogP contribution >= 0.6 is 0 Å². The van der Waals surface area contributed by atoms with Crippen molar-refractivity contribution >= 4 is 11.3 Å². The van der Waals surface area contributed by atoms with Crippen LogP contribution in [-0.2, 0) is 0 Å². The van der Waals surface area contributed by atoms with Crippen LogP contribution < -0.4 is 5.73 Å². The average molecular weight is 224 g/mol. The van der Waals surface area contributed by atoms with Gasteiger partial charge < -0.3 is 5.73 Å². The highest BCUT2D eigenvalue weighted by Crippen LogP contribution is 2.21. The van der Waals surface area contributed by atoms with Crippen LogP contribution in [0.15, 0.2) is 42.9 Å². The van der Waals surface area contributed by atoms with Crippen molar-refractivity contribution in [2.24, 2.45) is 0 Å². The van der Waals surface area contributed by atoms with Crippen molar-refractivity contribution in [3.8, 4) is 11.4 Å². The van der Waals surface area contributed by atoms with Gasteiger partial charge >= 0.3 is 0 Å². The number of hydrogen-bond donors (Lipinski definition) is 1. The number of pyridine rings is 2. The number of imidazole rings is 1. The molecule has 4 nitrogen and oxygen atoms in total. The second-order valence-corrected chi connectivity index (χ2v) is 3.99. The van der Waals surface area contributed by atoms with Crippen molar-refractivity contribution in [3.05, 3.63) is 48.4 Å². The maximum Gasteiger partial charge on any atom is 0.137 e.